The highest BCUT2D eigenvalue weighted by Crippen LogP contribution is 2.31. The van der Waals surface area contributed by atoms with Crippen LogP contribution in [0.15, 0.2) is 41.2 Å². The summed E-state index contributed by atoms with van der Waals surface area (Å²) in [5.41, 5.74) is 4.36. The fourth-order valence-corrected chi connectivity index (χ4v) is 4.62. The molecule has 2 N–H and O–H groups in total. The fraction of sp³-hybridized carbons (Fsp3) is 0.391. The molecule has 162 valence electrons. The molecule has 0 spiro atoms. The molecule has 31 heavy (non-hydrogen) atoms. The second kappa shape index (κ2) is 8.11. The van der Waals surface area contributed by atoms with Gasteiger partial charge < -0.3 is 24.4 Å². The first-order valence-corrected chi connectivity index (χ1v) is 10.6. The van der Waals surface area contributed by atoms with Gasteiger partial charge in [-0.2, -0.15) is 0 Å². The smallest absolute Gasteiger partial charge is 0.237 e. The van der Waals surface area contributed by atoms with E-state index in [9.17, 15) is 9.59 Å². The maximum atomic E-state index is 13.2. The van der Waals surface area contributed by atoms with Crippen LogP contribution in [0.1, 0.15) is 23.2 Å². The first-order valence-electron chi connectivity index (χ1n) is 10.6. The van der Waals surface area contributed by atoms with Crippen molar-refractivity contribution in [2.45, 2.75) is 32.0 Å². The van der Waals surface area contributed by atoms with E-state index >= 15 is 0 Å². The average Bonchev–Trinajstić information content (AvgIpc) is 3.42. The highest BCUT2D eigenvalue weighted by atomic mass is 16.5. The molecule has 0 aliphatic carbocycles. The minimum absolute atomic E-state index is 0.00198. The number of fused-ring (bicyclic) bond motifs is 3. The summed E-state index contributed by atoms with van der Waals surface area (Å²) >= 11 is 0. The lowest BCUT2D eigenvalue weighted by atomic mass is 10.0. The van der Waals surface area contributed by atoms with Crippen LogP contribution in [0.4, 0.5) is 0 Å². The molecule has 1 atom stereocenters. The third-order valence-electron chi connectivity index (χ3n) is 6.31. The quantitative estimate of drug-likeness (QED) is 0.657. The molecule has 5 rings (SSSR count). The molecule has 0 radical (unpaired) electrons. The van der Waals surface area contributed by atoms with E-state index in [2.05, 4.69) is 15.2 Å². The number of hydrogen-bond acceptors (Lipinski definition) is 5. The number of hydrogen-bond donors (Lipinski definition) is 2. The normalized spacial score (nSPS) is 19.3. The summed E-state index contributed by atoms with van der Waals surface area (Å²) in [5.74, 6) is 0.714. The van der Waals surface area contributed by atoms with Gasteiger partial charge in [0.15, 0.2) is 0 Å². The van der Waals surface area contributed by atoms with Gasteiger partial charge in [-0.15, -0.1) is 0 Å². The lowest BCUT2D eigenvalue weighted by Crippen LogP contribution is -2.56. The third kappa shape index (κ3) is 3.79. The summed E-state index contributed by atoms with van der Waals surface area (Å²) in [6.07, 6.45) is 4.25. The molecule has 2 aliphatic heterocycles. The molecular formula is C23H26N4O4. The molecular weight excluding hydrogens is 396 g/mol. The van der Waals surface area contributed by atoms with Crippen LogP contribution in [0, 0.1) is 0 Å². The van der Waals surface area contributed by atoms with Crippen molar-refractivity contribution in [2.75, 3.05) is 26.7 Å². The average molecular weight is 422 g/mol. The van der Waals surface area contributed by atoms with Crippen molar-refractivity contribution in [1.29, 1.82) is 0 Å². The molecule has 1 unspecified atom stereocenters. The van der Waals surface area contributed by atoms with E-state index in [0.29, 0.717) is 32.7 Å². The molecule has 2 aliphatic rings. The van der Waals surface area contributed by atoms with E-state index in [4.69, 9.17) is 9.15 Å². The van der Waals surface area contributed by atoms with Gasteiger partial charge in [-0.1, -0.05) is 0 Å². The van der Waals surface area contributed by atoms with Crippen LogP contribution in [0.25, 0.3) is 10.9 Å². The van der Waals surface area contributed by atoms with Crippen LogP contribution in [0.2, 0.25) is 0 Å². The van der Waals surface area contributed by atoms with Crippen molar-refractivity contribution >= 4 is 22.7 Å². The van der Waals surface area contributed by atoms with Crippen LogP contribution in [-0.4, -0.2) is 59.4 Å². The Labute approximate surface area is 180 Å². The number of ether oxygens (including phenoxy) is 1. The predicted octanol–water partition coefficient (Wildman–Crippen LogP) is 2.04. The van der Waals surface area contributed by atoms with Crippen LogP contribution < -0.4 is 10.1 Å². The number of nitrogens with zero attached hydrogens (tertiary/aromatic N) is 2. The number of methoxy groups -OCH3 is 1. The summed E-state index contributed by atoms with van der Waals surface area (Å²) in [4.78, 5) is 33.2. The molecule has 0 saturated carbocycles. The highest BCUT2D eigenvalue weighted by Gasteiger charge is 2.34. The monoisotopic (exact) mass is 422 g/mol. The maximum absolute atomic E-state index is 13.2. The number of carbonyl (C=O) groups excluding carboxylic acids is 2. The summed E-state index contributed by atoms with van der Waals surface area (Å²) in [6.45, 7) is 3.07. The molecule has 8 nitrogen and oxygen atoms in total. The zero-order valence-electron chi connectivity index (χ0n) is 17.5. The van der Waals surface area contributed by atoms with E-state index < -0.39 is 6.04 Å². The standard InChI is InChI=1S/C23H26N4O4/c1-30-16-2-3-19-17(10-16)18-13-27(7-4-20(18)25-19)22(28)11-21-23(29)24-6-8-26(21)12-15-5-9-31-14-15/h2-3,5,9-10,14,21,25H,4,6-8,11-13H2,1H3,(H,24,29). The topological polar surface area (TPSA) is 90.8 Å². The van der Waals surface area contributed by atoms with Crippen molar-refractivity contribution in [2.24, 2.45) is 0 Å². The number of amides is 2. The van der Waals surface area contributed by atoms with Gasteiger partial charge in [-0.05, 0) is 24.3 Å². The van der Waals surface area contributed by atoms with Gasteiger partial charge in [0.25, 0.3) is 0 Å². The van der Waals surface area contributed by atoms with E-state index in [0.717, 1.165) is 34.2 Å². The number of aromatic amines is 1. The molecule has 4 heterocycles. The Morgan fingerprint density at radius 1 is 1.29 bits per heavy atom. The van der Waals surface area contributed by atoms with E-state index in [1.165, 1.54) is 5.69 Å². The number of carbonyl (C=O) groups is 2. The fourth-order valence-electron chi connectivity index (χ4n) is 4.62. The number of benzene rings is 1. The van der Waals surface area contributed by atoms with Gasteiger partial charge in [0.1, 0.15) is 5.75 Å². The van der Waals surface area contributed by atoms with Gasteiger partial charge in [0, 0.05) is 66.9 Å². The summed E-state index contributed by atoms with van der Waals surface area (Å²) in [6, 6.07) is 7.38. The van der Waals surface area contributed by atoms with E-state index in [1.54, 1.807) is 19.6 Å². The molecule has 1 fully saturated rings. The zero-order valence-corrected chi connectivity index (χ0v) is 17.5. The molecule has 2 aromatic heterocycles. The largest absolute Gasteiger partial charge is 0.497 e. The van der Waals surface area contributed by atoms with Gasteiger partial charge >= 0.3 is 0 Å². The van der Waals surface area contributed by atoms with Crippen molar-refractivity contribution in [3.05, 3.63) is 53.6 Å². The number of aromatic nitrogens is 1. The molecule has 1 aromatic carbocycles. The molecule has 2 amide bonds. The van der Waals surface area contributed by atoms with Crippen LogP contribution in [0.3, 0.4) is 0 Å². The second-order valence-corrected chi connectivity index (χ2v) is 8.17. The van der Waals surface area contributed by atoms with Crippen molar-refractivity contribution in [3.8, 4) is 5.75 Å². The van der Waals surface area contributed by atoms with Gasteiger partial charge in [-0.3, -0.25) is 14.5 Å². The SMILES string of the molecule is COc1ccc2[nH]c3c(c2c1)CN(C(=O)CC1C(=O)NCCN1Cc1ccoc1)CC3. The summed E-state index contributed by atoms with van der Waals surface area (Å²) < 4.78 is 10.5. The Bertz CT molecular complexity index is 1100. The number of H-pyrrole nitrogens is 1. The van der Waals surface area contributed by atoms with Gasteiger partial charge in [0.2, 0.25) is 11.8 Å². The maximum Gasteiger partial charge on any atom is 0.237 e. The van der Waals surface area contributed by atoms with E-state index in [1.807, 2.05) is 29.2 Å². The molecule has 1 saturated heterocycles. The zero-order chi connectivity index (χ0) is 21.4. The second-order valence-electron chi connectivity index (χ2n) is 8.17. The Morgan fingerprint density at radius 2 is 2.19 bits per heavy atom. The van der Waals surface area contributed by atoms with E-state index in [-0.39, 0.29) is 18.2 Å². The lowest BCUT2D eigenvalue weighted by Gasteiger charge is -2.36. The first kappa shape index (κ1) is 19.7. The minimum Gasteiger partial charge on any atom is -0.497 e. The van der Waals surface area contributed by atoms with Gasteiger partial charge in [-0.25, -0.2) is 0 Å². The number of furan rings is 1. The van der Waals surface area contributed by atoms with Crippen molar-refractivity contribution < 1.29 is 18.7 Å². The summed E-state index contributed by atoms with van der Waals surface area (Å²) in [7, 11) is 1.65. The molecule has 8 heteroatoms. The third-order valence-corrected chi connectivity index (χ3v) is 6.31. The Balaban J connectivity index is 1.33. The molecule has 0 bridgehead atoms. The predicted molar refractivity (Wildman–Crippen MR) is 115 cm³/mol. The van der Waals surface area contributed by atoms with Crippen LogP contribution in [0.5, 0.6) is 5.75 Å². The van der Waals surface area contributed by atoms with Crippen LogP contribution >= 0.6 is 0 Å². The van der Waals surface area contributed by atoms with Crippen LogP contribution in [-0.2, 0) is 29.1 Å². The Hall–Kier alpha value is -3.26. The Morgan fingerprint density at radius 3 is 3.00 bits per heavy atom. The molecule has 3 aromatic rings. The summed E-state index contributed by atoms with van der Waals surface area (Å²) in [5, 5.41) is 3.99. The first-order chi connectivity index (χ1) is 15.1. The van der Waals surface area contributed by atoms with Crippen molar-refractivity contribution in [1.82, 2.24) is 20.1 Å². The number of nitrogens with one attached hydrogen (secondary N) is 2. The highest BCUT2D eigenvalue weighted by molar-refractivity contribution is 5.90. The van der Waals surface area contributed by atoms with Gasteiger partial charge in [0.05, 0.1) is 32.1 Å². The minimum atomic E-state index is -0.472. The Kier molecular flexibility index (Phi) is 5.15. The van der Waals surface area contributed by atoms with Crippen molar-refractivity contribution in [3.63, 3.8) is 0 Å². The number of piperazine rings is 1. The number of rotatable bonds is 5. The lowest BCUT2D eigenvalue weighted by molar-refractivity contribution is -0.139.